The Kier molecular flexibility index (Phi) is 7.29. The van der Waals surface area contributed by atoms with Gasteiger partial charge in [-0.25, -0.2) is 9.59 Å². The Morgan fingerprint density at radius 2 is 2.00 bits per heavy atom. The van der Waals surface area contributed by atoms with Crippen LogP contribution in [0.25, 0.3) is 6.08 Å². The van der Waals surface area contributed by atoms with Crippen LogP contribution in [0.3, 0.4) is 0 Å². The minimum Gasteiger partial charge on any atom is -0.493 e. The Bertz CT molecular complexity index is 869. The van der Waals surface area contributed by atoms with Gasteiger partial charge in [0.05, 0.1) is 22.7 Å². The molecule has 0 aromatic heterocycles. The summed E-state index contributed by atoms with van der Waals surface area (Å²) in [7, 11) is 2.57. The Morgan fingerprint density at radius 1 is 1.32 bits per heavy atom. The number of carboxylic acids is 1. The number of halogens is 1. The summed E-state index contributed by atoms with van der Waals surface area (Å²) in [4.78, 5) is 48.1. The van der Waals surface area contributed by atoms with Crippen molar-refractivity contribution >= 4 is 63.5 Å². The number of aliphatic carboxylic acids is 1. The molecule has 9 nitrogen and oxygen atoms in total. The molecule has 1 N–H and O–H groups in total. The Hall–Kier alpha value is -2.28. The van der Waals surface area contributed by atoms with E-state index in [0.717, 1.165) is 4.90 Å². The minimum atomic E-state index is -1.13. The second-order valence-corrected chi connectivity index (χ2v) is 7.62. The van der Waals surface area contributed by atoms with E-state index in [0.29, 0.717) is 20.9 Å². The van der Waals surface area contributed by atoms with E-state index in [1.54, 1.807) is 12.1 Å². The predicted molar refractivity (Wildman–Crippen MR) is 108 cm³/mol. The normalized spacial score (nSPS) is 16.3. The number of esters is 1. The van der Waals surface area contributed by atoms with E-state index < -0.39 is 35.7 Å². The van der Waals surface area contributed by atoms with Crippen LogP contribution < -0.4 is 9.47 Å². The van der Waals surface area contributed by atoms with Crippen LogP contribution in [0.15, 0.2) is 17.0 Å². The lowest BCUT2D eigenvalue weighted by Crippen LogP contribution is -2.42. The largest absolute Gasteiger partial charge is 0.493 e. The molecule has 1 heterocycles. The van der Waals surface area contributed by atoms with Gasteiger partial charge >= 0.3 is 11.9 Å². The first-order valence-corrected chi connectivity index (χ1v) is 9.66. The average molecular weight is 521 g/mol. The summed E-state index contributed by atoms with van der Waals surface area (Å²) < 4.78 is 15.6. The minimum absolute atomic E-state index is 0.137. The summed E-state index contributed by atoms with van der Waals surface area (Å²) in [5.74, 6) is -1.89. The molecule has 2 rings (SSSR count). The maximum Gasteiger partial charge on any atom is 0.341 e. The molecule has 1 saturated heterocycles. The zero-order valence-electron chi connectivity index (χ0n) is 15.1. The van der Waals surface area contributed by atoms with Crippen LogP contribution in [0.4, 0.5) is 4.79 Å². The van der Waals surface area contributed by atoms with Crippen molar-refractivity contribution in [2.75, 3.05) is 20.8 Å². The van der Waals surface area contributed by atoms with Gasteiger partial charge in [0, 0.05) is 0 Å². The highest BCUT2D eigenvalue weighted by Gasteiger charge is 2.41. The molecule has 1 fully saturated rings. The number of methoxy groups -OCH3 is 2. The molecule has 0 radical (unpaired) electrons. The van der Waals surface area contributed by atoms with Crippen molar-refractivity contribution in [1.29, 1.82) is 0 Å². The lowest BCUT2D eigenvalue weighted by Gasteiger charge is -2.18. The molecule has 0 aliphatic carbocycles. The quantitative estimate of drug-likeness (QED) is 0.328. The van der Waals surface area contributed by atoms with Crippen LogP contribution in [-0.2, 0) is 19.1 Å². The number of rotatable bonds is 7. The van der Waals surface area contributed by atoms with Gasteiger partial charge in [-0.3, -0.25) is 14.5 Å². The molecule has 1 aliphatic rings. The summed E-state index contributed by atoms with van der Waals surface area (Å²) in [6.07, 6.45) is 1.49. The van der Waals surface area contributed by atoms with Gasteiger partial charge in [0.2, 0.25) is 0 Å². The van der Waals surface area contributed by atoms with Crippen molar-refractivity contribution in [1.82, 2.24) is 4.90 Å². The molecule has 1 atom stereocenters. The number of nitrogens with zero attached hydrogens (tertiary/aromatic N) is 1. The van der Waals surface area contributed by atoms with Gasteiger partial charge in [0.25, 0.3) is 11.1 Å². The van der Waals surface area contributed by atoms with Crippen molar-refractivity contribution in [3.8, 4) is 11.5 Å². The molecular weight excluding hydrogens is 505 g/mol. The molecule has 1 aromatic carbocycles. The first-order valence-electron chi connectivity index (χ1n) is 7.76. The number of thioether (sulfide) groups is 1. The molecule has 1 aliphatic heterocycles. The highest BCUT2D eigenvalue weighted by atomic mass is 127. The topological polar surface area (TPSA) is 119 Å². The highest BCUT2D eigenvalue weighted by Crippen LogP contribution is 2.37. The van der Waals surface area contributed by atoms with Gasteiger partial charge in [-0.1, -0.05) is 0 Å². The first kappa shape index (κ1) is 22.0. The van der Waals surface area contributed by atoms with Gasteiger partial charge in [-0.2, -0.15) is 0 Å². The fourth-order valence-electron chi connectivity index (χ4n) is 2.34. The van der Waals surface area contributed by atoms with Crippen molar-refractivity contribution in [3.05, 3.63) is 26.2 Å². The van der Waals surface area contributed by atoms with E-state index in [4.69, 9.17) is 14.6 Å². The van der Waals surface area contributed by atoms with Crippen LogP contribution in [0, 0.1) is 3.57 Å². The monoisotopic (exact) mass is 521 g/mol. The highest BCUT2D eigenvalue weighted by molar-refractivity contribution is 14.1. The van der Waals surface area contributed by atoms with Crippen molar-refractivity contribution in [2.24, 2.45) is 0 Å². The third-order valence-corrected chi connectivity index (χ3v) is 5.33. The molecule has 28 heavy (non-hydrogen) atoms. The van der Waals surface area contributed by atoms with E-state index in [2.05, 4.69) is 4.74 Å². The zero-order chi connectivity index (χ0) is 21.0. The fourth-order valence-corrected chi connectivity index (χ4v) is 4.03. The van der Waals surface area contributed by atoms with E-state index in [1.165, 1.54) is 27.2 Å². The predicted octanol–water partition coefficient (Wildman–Crippen LogP) is 2.36. The first-order chi connectivity index (χ1) is 13.2. The average Bonchev–Trinajstić information content (AvgIpc) is 2.92. The van der Waals surface area contributed by atoms with Gasteiger partial charge < -0.3 is 19.3 Å². The van der Waals surface area contributed by atoms with Crippen LogP contribution >= 0.6 is 34.4 Å². The van der Waals surface area contributed by atoms with Gasteiger partial charge in [-0.15, -0.1) is 0 Å². The molecule has 150 valence electrons. The van der Waals surface area contributed by atoms with E-state index in [-0.39, 0.29) is 16.4 Å². The Labute approximate surface area is 178 Å². The number of amides is 2. The van der Waals surface area contributed by atoms with E-state index in [1.807, 2.05) is 22.6 Å². The molecule has 2 amide bonds. The van der Waals surface area contributed by atoms with Gasteiger partial charge in [0.1, 0.15) is 6.04 Å². The van der Waals surface area contributed by atoms with Crippen molar-refractivity contribution in [2.45, 2.75) is 13.0 Å². The maximum atomic E-state index is 12.6. The van der Waals surface area contributed by atoms with Gasteiger partial charge in [-0.05, 0) is 65.0 Å². The number of ether oxygens (including phenoxy) is 3. The lowest BCUT2D eigenvalue weighted by molar-refractivity contribution is -0.148. The number of carbonyl (C=O) groups is 4. The van der Waals surface area contributed by atoms with Crippen molar-refractivity contribution < 1.29 is 38.5 Å². The van der Waals surface area contributed by atoms with Crippen LogP contribution in [0.5, 0.6) is 11.5 Å². The van der Waals surface area contributed by atoms with Gasteiger partial charge in [0.15, 0.2) is 18.1 Å². The van der Waals surface area contributed by atoms with Crippen LogP contribution in [0.1, 0.15) is 12.5 Å². The Balaban J connectivity index is 2.33. The Morgan fingerprint density at radius 3 is 2.57 bits per heavy atom. The number of carbonyl (C=O) groups excluding carboxylic acids is 3. The SMILES string of the molecule is COC(=O)[C@H](C)N1C(=O)S/C(=C/c2cc(I)c(OCC(=O)O)c(OC)c2)C1=O. The second kappa shape index (κ2) is 9.28. The number of benzene rings is 1. The molecule has 1 aromatic rings. The maximum absolute atomic E-state index is 12.6. The summed E-state index contributed by atoms with van der Waals surface area (Å²) in [5.41, 5.74) is 0.542. The molecule has 0 bridgehead atoms. The van der Waals surface area contributed by atoms with Crippen molar-refractivity contribution in [3.63, 3.8) is 0 Å². The third-order valence-electron chi connectivity index (χ3n) is 3.64. The number of carboxylic acid groups (broad SMARTS) is 1. The fraction of sp³-hybridized carbons (Fsp3) is 0.294. The molecular formula is C17H16INO8S. The van der Waals surface area contributed by atoms with Crippen LogP contribution in [0.2, 0.25) is 0 Å². The molecule has 11 heteroatoms. The summed E-state index contributed by atoms with van der Waals surface area (Å²) in [6, 6.07) is 2.17. The molecule has 0 spiro atoms. The number of hydrogen-bond donors (Lipinski definition) is 1. The third kappa shape index (κ3) is 4.76. The second-order valence-electron chi connectivity index (χ2n) is 5.47. The van der Waals surface area contributed by atoms with Crippen LogP contribution in [-0.4, -0.2) is 60.0 Å². The smallest absolute Gasteiger partial charge is 0.341 e. The number of imide groups is 1. The summed E-state index contributed by atoms with van der Waals surface area (Å²) in [5, 5.41) is 8.19. The summed E-state index contributed by atoms with van der Waals surface area (Å²) in [6.45, 7) is 0.877. The standard InChI is InChI=1S/C17H16INO8S/c1-8(16(23)26-3)19-15(22)12(28-17(19)24)6-9-4-10(18)14(11(5-9)25-2)27-7-13(20)21/h4-6,8H,7H2,1-3H3,(H,20,21)/b12-6+/t8-/m0/s1. The molecule has 0 saturated carbocycles. The number of hydrogen-bond acceptors (Lipinski definition) is 8. The lowest BCUT2D eigenvalue weighted by atomic mass is 10.1. The molecule has 0 unspecified atom stereocenters. The summed E-state index contributed by atoms with van der Waals surface area (Å²) >= 11 is 2.66. The van der Waals surface area contributed by atoms with E-state index in [9.17, 15) is 19.2 Å². The zero-order valence-corrected chi connectivity index (χ0v) is 18.0. The van der Waals surface area contributed by atoms with E-state index >= 15 is 0 Å².